The molecule has 78 valence electrons. The average molecular weight is 185 g/mol. The van der Waals surface area contributed by atoms with Crippen LogP contribution in [0.5, 0.6) is 0 Å². The van der Waals surface area contributed by atoms with Crippen LogP contribution in [0.15, 0.2) is 0 Å². The second-order valence-electron chi connectivity index (χ2n) is 5.21. The Balaban J connectivity index is 2.34. The molecule has 1 fully saturated rings. The van der Waals surface area contributed by atoms with Gasteiger partial charge in [0.2, 0.25) is 0 Å². The van der Waals surface area contributed by atoms with Crippen molar-refractivity contribution in [1.29, 1.82) is 0 Å². The largest absolute Gasteiger partial charge is 0.395 e. The van der Waals surface area contributed by atoms with Gasteiger partial charge in [0.05, 0.1) is 6.61 Å². The van der Waals surface area contributed by atoms with Crippen molar-refractivity contribution in [2.45, 2.75) is 58.5 Å². The second kappa shape index (κ2) is 4.43. The lowest BCUT2D eigenvalue weighted by molar-refractivity contribution is 0.171. The molecule has 0 saturated heterocycles. The molecule has 0 amide bonds. The van der Waals surface area contributed by atoms with E-state index in [0.29, 0.717) is 11.5 Å². The first-order chi connectivity index (χ1) is 6.03. The van der Waals surface area contributed by atoms with E-state index in [2.05, 4.69) is 19.2 Å². The fourth-order valence-corrected chi connectivity index (χ4v) is 2.30. The Morgan fingerprint density at radius 3 is 2.77 bits per heavy atom. The molecule has 0 radical (unpaired) electrons. The van der Waals surface area contributed by atoms with Crippen molar-refractivity contribution in [2.24, 2.45) is 5.41 Å². The monoisotopic (exact) mass is 185 g/mol. The van der Waals surface area contributed by atoms with E-state index in [0.717, 1.165) is 0 Å². The van der Waals surface area contributed by atoms with Crippen LogP contribution in [0, 0.1) is 5.41 Å². The highest BCUT2D eigenvalue weighted by atomic mass is 16.3. The number of hydrogen-bond acceptors (Lipinski definition) is 2. The van der Waals surface area contributed by atoms with Crippen molar-refractivity contribution >= 4 is 0 Å². The third-order valence-electron chi connectivity index (χ3n) is 3.00. The standard InChI is InChI=1S/C11H23NO/c1-9(8-13)12-10-5-4-6-11(2,3)7-10/h9-10,12-13H,4-8H2,1-3H3/t9-,10?/m1/s1. The summed E-state index contributed by atoms with van der Waals surface area (Å²) in [6.45, 7) is 6.97. The maximum atomic E-state index is 8.93. The summed E-state index contributed by atoms with van der Waals surface area (Å²) in [7, 11) is 0. The van der Waals surface area contributed by atoms with E-state index in [9.17, 15) is 0 Å². The molecule has 0 aromatic carbocycles. The number of aliphatic hydroxyl groups is 1. The highest BCUT2D eigenvalue weighted by molar-refractivity contribution is 4.84. The number of hydrogen-bond donors (Lipinski definition) is 2. The molecule has 1 rings (SSSR count). The third-order valence-corrected chi connectivity index (χ3v) is 3.00. The van der Waals surface area contributed by atoms with Crippen molar-refractivity contribution in [3.8, 4) is 0 Å². The Labute approximate surface area is 81.7 Å². The highest BCUT2D eigenvalue weighted by Gasteiger charge is 2.28. The van der Waals surface area contributed by atoms with Gasteiger partial charge in [-0.2, -0.15) is 0 Å². The van der Waals surface area contributed by atoms with Crippen LogP contribution in [-0.2, 0) is 0 Å². The molecule has 0 bridgehead atoms. The van der Waals surface area contributed by atoms with Gasteiger partial charge in [0.25, 0.3) is 0 Å². The predicted molar refractivity (Wildman–Crippen MR) is 55.7 cm³/mol. The van der Waals surface area contributed by atoms with Crippen LogP contribution in [0.2, 0.25) is 0 Å². The minimum absolute atomic E-state index is 0.247. The molecule has 0 heterocycles. The first-order valence-corrected chi connectivity index (χ1v) is 5.40. The van der Waals surface area contributed by atoms with Gasteiger partial charge >= 0.3 is 0 Å². The first kappa shape index (κ1) is 11.0. The quantitative estimate of drug-likeness (QED) is 0.704. The molecule has 1 saturated carbocycles. The Morgan fingerprint density at radius 1 is 1.54 bits per heavy atom. The van der Waals surface area contributed by atoms with Crippen LogP contribution in [0.25, 0.3) is 0 Å². The minimum Gasteiger partial charge on any atom is -0.395 e. The van der Waals surface area contributed by atoms with Crippen LogP contribution in [0.3, 0.4) is 0 Å². The van der Waals surface area contributed by atoms with Gasteiger partial charge in [-0.25, -0.2) is 0 Å². The molecule has 2 nitrogen and oxygen atoms in total. The lowest BCUT2D eigenvalue weighted by Crippen LogP contribution is -2.43. The van der Waals surface area contributed by atoms with Crippen molar-refractivity contribution in [2.75, 3.05) is 6.61 Å². The normalized spacial score (nSPS) is 30.0. The van der Waals surface area contributed by atoms with Gasteiger partial charge in [-0.05, 0) is 31.6 Å². The van der Waals surface area contributed by atoms with E-state index < -0.39 is 0 Å². The minimum atomic E-state index is 0.247. The molecule has 0 aromatic rings. The van der Waals surface area contributed by atoms with Crippen LogP contribution in [0.1, 0.15) is 46.5 Å². The van der Waals surface area contributed by atoms with Gasteiger partial charge in [-0.1, -0.05) is 20.3 Å². The summed E-state index contributed by atoms with van der Waals surface area (Å²) in [5.41, 5.74) is 0.491. The zero-order valence-electron chi connectivity index (χ0n) is 9.14. The molecule has 13 heavy (non-hydrogen) atoms. The van der Waals surface area contributed by atoms with Crippen LogP contribution in [0.4, 0.5) is 0 Å². The Bertz CT molecular complexity index is 156. The summed E-state index contributed by atoms with van der Waals surface area (Å²) in [6, 6.07) is 0.866. The Hall–Kier alpha value is -0.0800. The van der Waals surface area contributed by atoms with E-state index in [1.807, 2.05) is 6.92 Å². The second-order valence-corrected chi connectivity index (χ2v) is 5.21. The number of nitrogens with one attached hydrogen (secondary N) is 1. The summed E-state index contributed by atoms with van der Waals surface area (Å²) < 4.78 is 0. The molecule has 2 atom stereocenters. The fraction of sp³-hybridized carbons (Fsp3) is 1.00. The lowest BCUT2D eigenvalue weighted by Gasteiger charge is -2.36. The Kier molecular flexibility index (Phi) is 3.74. The summed E-state index contributed by atoms with van der Waals surface area (Å²) in [6.07, 6.45) is 5.19. The molecular formula is C11H23NO. The average Bonchev–Trinajstić information content (AvgIpc) is 2.02. The van der Waals surface area contributed by atoms with Gasteiger partial charge < -0.3 is 10.4 Å². The summed E-state index contributed by atoms with van der Waals surface area (Å²) >= 11 is 0. The van der Waals surface area contributed by atoms with Crippen molar-refractivity contribution in [1.82, 2.24) is 5.32 Å². The van der Waals surface area contributed by atoms with E-state index in [1.165, 1.54) is 25.7 Å². The van der Waals surface area contributed by atoms with Crippen LogP contribution < -0.4 is 5.32 Å². The molecule has 2 heteroatoms. The van der Waals surface area contributed by atoms with Gasteiger partial charge in [-0.15, -0.1) is 0 Å². The third kappa shape index (κ3) is 3.65. The molecule has 0 aromatic heterocycles. The Morgan fingerprint density at radius 2 is 2.23 bits per heavy atom. The number of aliphatic hydroxyl groups excluding tert-OH is 1. The molecule has 1 aliphatic carbocycles. The predicted octanol–water partition coefficient (Wildman–Crippen LogP) is 1.93. The summed E-state index contributed by atoms with van der Waals surface area (Å²) in [4.78, 5) is 0. The molecule has 1 unspecified atom stereocenters. The maximum Gasteiger partial charge on any atom is 0.0582 e. The van der Waals surface area contributed by atoms with E-state index in [4.69, 9.17) is 5.11 Å². The SMILES string of the molecule is C[C@H](CO)NC1CCCC(C)(C)C1. The zero-order chi connectivity index (χ0) is 9.90. The van der Waals surface area contributed by atoms with Crippen molar-refractivity contribution < 1.29 is 5.11 Å². The summed E-state index contributed by atoms with van der Waals surface area (Å²) in [5, 5.41) is 12.4. The van der Waals surface area contributed by atoms with Gasteiger partial charge in [0.15, 0.2) is 0 Å². The van der Waals surface area contributed by atoms with Gasteiger partial charge in [0.1, 0.15) is 0 Å². The van der Waals surface area contributed by atoms with Gasteiger partial charge in [0, 0.05) is 12.1 Å². The highest BCUT2D eigenvalue weighted by Crippen LogP contribution is 2.35. The van der Waals surface area contributed by atoms with Crippen molar-refractivity contribution in [3.05, 3.63) is 0 Å². The fourth-order valence-electron chi connectivity index (χ4n) is 2.30. The maximum absolute atomic E-state index is 8.93. The molecule has 0 aliphatic heterocycles. The van der Waals surface area contributed by atoms with Crippen molar-refractivity contribution in [3.63, 3.8) is 0 Å². The molecule has 0 spiro atoms. The van der Waals surface area contributed by atoms with E-state index in [-0.39, 0.29) is 12.6 Å². The molecule has 1 aliphatic rings. The van der Waals surface area contributed by atoms with E-state index >= 15 is 0 Å². The zero-order valence-corrected chi connectivity index (χ0v) is 9.14. The van der Waals surface area contributed by atoms with E-state index in [1.54, 1.807) is 0 Å². The smallest absolute Gasteiger partial charge is 0.0582 e. The first-order valence-electron chi connectivity index (χ1n) is 5.40. The lowest BCUT2D eigenvalue weighted by atomic mass is 9.75. The molecule has 2 N–H and O–H groups in total. The number of rotatable bonds is 3. The van der Waals surface area contributed by atoms with Crippen LogP contribution >= 0.6 is 0 Å². The van der Waals surface area contributed by atoms with Gasteiger partial charge in [-0.3, -0.25) is 0 Å². The van der Waals surface area contributed by atoms with Crippen LogP contribution in [-0.4, -0.2) is 23.8 Å². The molecular weight excluding hydrogens is 162 g/mol. The summed E-state index contributed by atoms with van der Waals surface area (Å²) in [5.74, 6) is 0. The topological polar surface area (TPSA) is 32.3 Å².